The lowest BCUT2D eigenvalue weighted by Gasteiger charge is -2.09. The van der Waals surface area contributed by atoms with E-state index >= 15 is 0 Å². The molecule has 0 spiro atoms. The molecular weight excluding hydrogens is 374 g/mol. The van der Waals surface area contributed by atoms with Gasteiger partial charge in [0, 0.05) is 16.5 Å². The summed E-state index contributed by atoms with van der Waals surface area (Å²) in [4.78, 5) is 18.1. The fourth-order valence-electron chi connectivity index (χ4n) is 1.93. The summed E-state index contributed by atoms with van der Waals surface area (Å²) in [5.74, 6) is -0.0193. The SMILES string of the molecule is Cc1ccc(C(=O)Oc2c(Br)cc(Cl)c3cccnc23)s1. The van der Waals surface area contributed by atoms with Gasteiger partial charge in [-0.05, 0) is 53.2 Å². The van der Waals surface area contributed by atoms with E-state index in [1.165, 1.54) is 11.3 Å². The molecule has 106 valence electrons. The number of esters is 1. The number of hydrogen-bond donors (Lipinski definition) is 0. The molecule has 0 radical (unpaired) electrons. The van der Waals surface area contributed by atoms with Gasteiger partial charge in [0.05, 0.1) is 9.50 Å². The number of ether oxygens (including phenoxy) is 1. The smallest absolute Gasteiger partial charge is 0.353 e. The summed E-state index contributed by atoms with van der Waals surface area (Å²) in [6, 6.07) is 8.96. The molecular formula is C15H9BrClNO2S. The maximum atomic E-state index is 12.2. The Hall–Kier alpha value is -1.43. The van der Waals surface area contributed by atoms with Gasteiger partial charge in [-0.3, -0.25) is 4.98 Å². The molecule has 0 fully saturated rings. The molecule has 0 saturated carbocycles. The van der Waals surface area contributed by atoms with Crippen LogP contribution in [0.3, 0.4) is 0 Å². The maximum Gasteiger partial charge on any atom is 0.353 e. The standard InChI is InChI=1S/C15H9BrClNO2S/c1-8-4-5-12(21-8)15(19)20-14-10(16)7-11(17)9-3-2-6-18-13(9)14/h2-7H,1H3. The van der Waals surface area contributed by atoms with Gasteiger partial charge in [0.15, 0.2) is 5.75 Å². The second-order valence-corrected chi connectivity index (χ2v) is 6.92. The Balaban J connectivity index is 2.06. The van der Waals surface area contributed by atoms with Gasteiger partial charge in [-0.25, -0.2) is 4.79 Å². The summed E-state index contributed by atoms with van der Waals surface area (Å²) in [7, 11) is 0. The lowest BCUT2D eigenvalue weighted by molar-refractivity contribution is 0.0740. The Morgan fingerprint density at radius 2 is 2.19 bits per heavy atom. The van der Waals surface area contributed by atoms with Crippen molar-refractivity contribution in [1.82, 2.24) is 4.98 Å². The normalized spacial score (nSPS) is 10.8. The minimum absolute atomic E-state index is 0.381. The van der Waals surface area contributed by atoms with E-state index in [4.69, 9.17) is 16.3 Å². The number of carbonyl (C=O) groups is 1. The first-order valence-electron chi connectivity index (χ1n) is 6.07. The summed E-state index contributed by atoms with van der Waals surface area (Å²) >= 11 is 11.0. The number of thiophene rings is 1. The minimum Gasteiger partial charge on any atom is -0.419 e. The van der Waals surface area contributed by atoms with E-state index in [0.717, 1.165) is 10.3 Å². The van der Waals surface area contributed by atoms with E-state index in [9.17, 15) is 4.79 Å². The lowest BCUT2D eigenvalue weighted by atomic mass is 10.2. The Labute approximate surface area is 138 Å². The van der Waals surface area contributed by atoms with Crippen molar-refractivity contribution in [2.45, 2.75) is 6.92 Å². The van der Waals surface area contributed by atoms with E-state index in [1.54, 1.807) is 24.4 Å². The van der Waals surface area contributed by atoms with Crippen LogP contribution in [-0.4, -0.2) is 11.0 Å². The lowest BCUT2D eigenvalue weighted by Crippen LogP contribution is -2.07. The summed E-state index contributed by atoms with van der Waals surface area (Å²) in [5.41, 5.74) is 0.554. The van der Waals surface area contributed by atoms with Crippen molar-refractivity contribution >= 4 is 55.7 Å². The van der Waals surface area contributed by atoms with Crippen LogP contribution in [0.2, 0.25) is 5.02 Å². The number of aryl methyl sites for hydroxylation is 1. The molecule has 2 aromatic heterocycles. The molecule has 21 heavy (non-hydrogen) atoms. The largest absolute Gasteiger partial charge is 0.419 e. The number of carbonyl (C=O) groups excluding carboxylic acids is 1. The number of halogens is 2. The Morgan fingerprint density at radius 3 is 2.90 bits per heavy atom. The highest BCUT2D eigenvalue weighted by atomic mass is 79.9. The van der Waals surface area contributed by atoms with Crippen molar-refractivity contribution in [2.24, 2.45) is 0 Å². The Kier molecular flexibility index (Phi) is 3.97. The number of benzene rings is 1. The fourth-order valence-corrected chi connectivity index (χ4v) is 3.57. The van der Waals surface area contributed by atoms with Crippen LogP contribution >= 0.6 is 38.9 Å². The Bertz CT molecular complexity index is 847. The van der Waals surface area contributed by atoms with Crippen molar-refractivity contribution in [2.75, 3.05) is 0 Å². The van der Waals surface area contributed by atoms with E-state index in [2.05, 4.69) is 20.9 Å². The molecule has 0 atom stereocenters. The van der Waals surface area contributed by atoms with Gasteiger partial charge < -0.3 is 4.74 Å². The van der Waals surface area contributed by atoms with Crippen LogP contribution in [0.15, 0.2) is 41.0 Å². The Morgan fingerprint density at radius 1 is 1.38 bits per heavy atom. The molecule has 0 aliphatic rings. The highest BCUT2D eigenvalue weighted by Gasteiger charge is 2.17. The summed E-state index contributed by atoms with van der Waals surface area (Å²) in [6.45, 7) is 1.94. The average molecular weight is 383 g/mol. The van der Waals surface area contributed by atoms with E-state index in [-0.39, 0.29) is 0 Å². The van der Waals surface area contributed by atoms with Crippen LogP contribution < -0.4 is 4.74 Å². The van der Waals surface area contributed by atoms with Crippen molar-refractivity contribution in [3.63, 3.8) is 0 Å². The van der Waals surface area contributed by atoms with E-state index in [1.807, 2.05) is 19.1 Å². The van der Waals surface area contributed by atoms with Crippen molar-refractivity contribution < 1.29 is 9.53 Å². The number of pyridine rings is 1. The summed E-state index contributed by atoms with van der Waals surface area (Å²) < 4.78 is 6.11. The first-order valence-corrected chi connectivity index (χ1v) is 8.06. The molecule has 2 heterocycles. The number of rotatable bonds is 2. The second-order valence-electron chi connectivity index (χ2n) is 4.37. The second kappa shape index (κ2) is 5.75. The molecule has 3 nitrogen and oxygen atoms in total. The van der Waals surface area contributed by atoms with Crippen LogP contribution in [-0.2, 0) is 0 Å². The van der Waals surface area contributed by atoms with Gasteiger partial charge in [-0.2, -0.15) is 0 Å². The number of nitrogens with zero attached hydrogens (tertiary/aromatic N) is 1. The summed E-state index contributed by atoms with van der Waals surface area (Å²) in [5, 5.41) is 1.30. The molecule has 0 saturated heterocycles. The van der Waals surface area contributed by atoms with Crippen molar-refractivity contribution in [3.05, 3.63) is 55.8 Å². The van der Waals surface area contributed by atoms with Gasteiger partial charge in [-0.1, -0.05) is 11.6 Å². The molecule has 3 aromatic rings. The molecule has 3 rings (SSSR count). The van der Waals surface area contributed by atoms with Gasteiger partial charge in [0.2, 0.25) is 0 Å². The monoisotopic (exact) mass is 381 g/mol. The summed E-state index contributed by atoms with van der Waals surface area (Å²) in [6.07, 6.45) is 1.64. The van der Waals surface area contributed by atoms with Crippen LogP contribution in [0.1, 0.15) is 14.5 Å². The maximum absolute atomic E-state index is 12.2. The zero-order valence-electron chi connectivity index (χ0n) is 10.9. The molecule has 6 heteroatoms. The van der Waals surface area contributed by atoms with Crippen LogP contribution in [0.5, 0.6) is 5.75 Å². The predicted molar refractivity (Wildman–Crippen MR) is 88.5 cm³/mol. The van der Waals surface area contributed by atoms with E-state index in [0.29, 0.717) is 25.6 Å². The van der Waals surface area contributed by atoms with Gasteiger partial charge in [0.25, 0.3) is 0 Å². The van der Waals surface area contributed by atoms with Crippen LogP contribution in [0.25, 0.3) is 10.9 Å². The van der Waals surface area contributed by atoms with Gasteiger partial charge in [0.1, 0.15) is 10.4 Å². The topological polar surface area (TPSA) is 39.2 Å². The zero-order valence-corrected chi connectivity index (χ0v) is 14.1. The molecule has 0 aliphatic heterocycles. The minimum atomic E-state index is -0.400. The third kappa shape index (κ3) is 2.81. The van der Waals surface area contributed by atoms with Crippen LogP contribution in [0, 0.1) is 6.92 Å². The average Bonchev–Trinajstić information content (AvgIpc) is 2.90. The van der Waals surface area contributed by atoms with Crippen molar-refractivity contribution in [3.8, 4) is 5.75 Å². The molecule has 0 amide bonds. The number of fused-ring (bicyclic) bond motifs is 1. The fraction of sp³-hybridized carbons (Fsp3) is 0.0667. The van der Waals surface area contributed by atoms with Crippen LogP contribution in [0.4, 0.5) is 0 Å². The van der Waals surface area contributed by atoms with E-state index < -0.39 is 5.97 Å². The highest BCUT2D eigenvalue weighted by molar-refractivity contribution is 9.10. The molecule has 0 bridgehead atoms. The first-order chi connectivity index (χ1) is 10.1. The molecule has 0 unspecified atom stereocenters. The van der Waals surface area contributed by atoms with Gasteiger partial charge >= 0.3 is 5.97 Å². The van der Waals surface area contributed by atoms with Gasteiger partial charge in [-0.15, -0.1) is 11.3 Å². The zero-order chi connectivity index (χ0) is 15.0. The molecule has 0 aliphatic carbocycles. The number of aromatic nitrogens is 1. The first kappa shape index (κ1) is 14.5. The van der Waals surface area contributed by atoms with Crippen molar-refractivity contribution in [1.29, 1.82) is 0 Å². The number of hydrogen-bond acceptors (Lipinski definition) is 4. The molecule has 1 aromatic carbocycles. The predicted octanol–water partition coefficient (Wildman–Crippen LogP) is 5.24. The highest BCUT2D eigenvalue weighted by Crippen LogP contribution is 2.37. The third-order valence-electron chi connectivity index (χ3n) is 2.89. The quantitative estimate of drug-likeness (QED) is 0.449. The third-order valence-corrected chi connectivity index (χ3v) is 4.77. The molecule has 0 N–H and O–H groups in total.